The molecule has 0 radical (unpaired) electrons. The van der Waals surface area contributed by atoms with Gasteiger partial charge in [-0.1, -0.05) is 26.2 Å². The third-order valence-corrected chi connectivity index (χ3v) is 4.61. The minimum Gasteiger partial charge on any atom is -0.477 e. The molecule has 2 rings (SSSR count). The highest BCUT2D eigenvalue weighted by Crippen LogP contribution is 2.39. The van der Waals surface area contributed by atoms with E-state index in [2.05, 4.69) is 4.98 Å². The Morgan fingerprint density at radius 2 is 2.18 bits per heavy atom. The topological polar surface area (TPSA) is 76.2 Å². The number of aromatic carboxylic acids is 1. The van der Waals surface area contributed by atoms with Crippen molar-refractivity contribution in [2.45, 2.75) is 51.0 Å². The SMILES string of the molecule is CCCc1nc(C2(N)CCCC2)sc1C(=O)O. The first-order chi connectivity index (χ1) is 8.07. The van der Waals surface area contributed by atoms with E-state index in [1.807, 2.05) is 6.92 Å². The van der Waals surface area contributed by atoms with Crippen LogP contribution in [0.3, 0.4) is 0 Å². The average Bonchev–Trinajstić information content (AvgIpc) is 2.86. The maximum Gasteiger partial charge on any atom is 0.347 e. The van der Waals surface area contributed by atoms with Gasteiger partial charge in [-0.15, -0.1) is 11.3 Å². The predicted molar refractivity (Wildman–Crippen MR) is 67.4 cm³/mol. The molecule has 94 valence electrons. The molecule has 4 nitrogen and oxygen atoms in total. The van der Waals surface area contributed by atoms with E-state index in [1.54, 1.807) is 0 Å². The summed E-state index contributed by atoms with van der Waals surface area (Å²) in [5.74, 6) is -0.876. The molecule has 0 spiro atoms. The van der Waals surface area contributed by atoms with E-state index in [-0.39, 0.29) is 5.54 Å². The monoisotopic (exact) mass is 254 g/mol. The molecular formula is C12H18N2O2S. The van der Waals surface area contributed by atoms with E-state index >= 15 is 0 Å². The third-order valence-electron chi connectivity index (χ3n) is 3.30. The Labute approximate surface area is 105 Å². The largest absolute Gasteiger partial charge is 0.477 e. The molecule has 0 aliphatic heterocycles. The molecule has 0 amide bonds. The van der Waals surface area contributed by atoms with E-state index in [0.717, 1.165) is 37.1 Å². The summed E-state index contributed by atoms with van der Waals surface area (Å²) < 4.78 is 0. The second-order valence-corrected chi connectivity index (χ2v) is 5.71. The zero-order chi connectivity index (χ0) is 12.5. The van der Waals surface area contributed by atoms with Gasteiger partial charge in [-0.05, 0) is 19.3 Å². The number of carbonyl (C=O) groups is 1. The van der Waals surface area contributed by atoms with Crippen molar-refractivity contribution < 1.29 is 9.90 Å². The van der Waals surface area contributed by atoms with E-state index in [9.17, 15) is 4.79 Å². The molecular weight excluding hydrogens is 236 g/mol. The lowest BCUT2D eigenvalue weighted by Crippen LogP contribution is -2.32. The molecule has 0 unspecified atom stereocenters. The van der Waals surface area contributed by atoms with Crippen molar-refractivity contribution in [2.75, 3.05) is 0 Å². The quantitative estimate of drug-likeness (QED) is 0.865. The van der Waals surface area contributed by atoms with Crippen LogP contribution in [0.2, 0.25) is 0 Å². The first-order valence-electron chi connectivity index (χ1n) is 6.09. The predicted octanol–water partition coefficient (Wildman–Crippen LogP) is 2.52. The van der Waals surface area contributed by atoms with Gasteiger partial charge in [-0.2, -0.15) is 0 Å². The van der Waals surface area contributed by atoms with Crippen LogP contribution < -0.4 is 5.73 Å². The molecule has 1 aliphatic rings. The number of thiazole rings is 1. The lowest BCUT2D eigenvalue weighted by molar-refractivity contribution is 0.0700. The molecule has 5 heteroatoms. The minimum absolute atomic E-state index is 0.374. The molecule has 0 saturated heterocycles. The molecule has 1 aliphatic carbocycles. The fourth-order valence-corrected chi connectivity index (χ4v) is 3.47. The fraction of sp³-hybridized carbons (Fsp3) is 0.667. The second kappa shape index (κ2) is 4.74. The third kappa shape index (κ3) is 2.35. The maximum absolute atomic E-state index is 11.2. The molecule has 0 bridgehead atoms. The Morgan fingerprint density at radius 3 is 2.71 bits per heavy atom. The van der Waals surface area contributed by atoms with Gasteiger partial charge >= 0.3 is 5.97 Å². The van der Waals surface area contributed by atoms with Gasteiger partial charge in [0.1, 0.15) is 9.88 Å². The van der Waals surface area contributed by atoms with Crippen LogP contribution in [0.1, 0.15) is 59.4 Å². The van der Waals surface area contributed by atoms with Crippen molar-refractivity contribution in [2.24, 2.45) is 5.73 Å². The van der Waals surface area contributed by atoms with Gasteiger partial charge in [-0.25, -0.2) is 9.78 Å². The van der Waals surface area contributed by atoms with Crippen LogP contribution in [0.5, 0.6) is 0 Å². The molecule has 0 atom stereocenters. The van der Waals surface area contributed by atoms with Crippen molar-refractivity contribution >= 4 is 17.3 Å². The molecule has 1 fully saturated rings. The molecule has 1 aromatic heterocycles. The summed E-state index contributed by atoms with van der Waals surface area (Å²) in [6.07, 6.45) is 5.69. The highest BCUT2D eigenvalue weighted by Gasteiger charge is 2.35. The zero-order valence-electron chi connectivity index (χ0n) is 10.0. The van der Waals surface area contributed by atoms with Crippen LogP contribution in [0.15, 0.2) is 0 Å². The van der Waals surface area contributed by atoms with Crippen molar-refractivity contribution in [3.05, 3.63) is 15.6 Å². The maximum atomic E-state index is 11.2. The van der Waals surface area contributed by atoms with Gasteiger partial charge in [0.25, 0.3) is 0 Å². The summed E-state index contributed by atoms with van der Waals surface area (Å²) in [7, 11) is 0. The molecule has 0 aromatic carbocycles. The first-order valence-corrected chi connectivity index (χ1v) is 6.91. The highest BCUT2D eigenvalue weighted by molar-refractivity contribution is 7.13. The Bertz CT molecular complexity index is 422. The Morgan fingerprint density at radius 1 is 1.53 bits per heavy atom. The minimum atomic E-state index is -0.876. The lowest BCUT2D eigenvalue weighted by atomic mass is 10.0. The van der Waals surface area contributed by atoms with Gasteiger partial charge < -0.3 is 10.8 Å². The fourth-order valence-electron chi connectivity index (χ4n) is 2.36. The smallest absolute Gasteiger partial charge is 0.347 e. The normalized spacial score (nSPS) is 18.5. The number of nitrogens with zero attached hydrogens (tertiary/aromatic N) is 1. The van der Waals surface area contributed by atoms with Crippen LogP contribution in [-0.4, -0.2) is 16.1 Å². The van der Waals surface area contributed by atoms with Crippen LogP contribution in [0.25, 0.3) is 0 Å². The highest BCUT2D eigenvalue weighted by atomic mass is 32.1. The summed E-state index contributed by atoms with van der Waals surface area (Å²) in [4.78, 5) is 16.0. The first kappa shape index (κ1) is 12.5. The summed E-state index contributed by atoms with van der Waals surface area (Å²) >= 11 is 1.27. The number of aryl methyl sites for hydroxylation is 1. The number of hydrogen-bond donors (Lipinski definition) is 2. The van der Waals surface area contributed by atoms with Crippen LogP contribution in [0, 0.1) is 0 Å². The standard InChI is InChI=1S/C12H18N2O2S/c1-2-5-8-9(10(15)16)17-11(14-8)12(13)6-3-4-7-12/h2-7,13H2,1H3,(H,15,16). The van der Waals surface area contributed by atoms with E-state index in [4.69, 9.17) is 10.8 Å². The van der Waals surface area contributed by atoms with Crippen molar-refractivity contribution in [3.8, 4) is 0 Å². The number of carboxylic acids is 1. The Balaban J connectivity index is 2.36. The molecule has 1 heterocycles. The van der Waals surface area contributed by atoms with Gasteiger partial charge in [0.2, 0.25) is 0 Å². The molecule has 1 saturated carbocycles. The second-order valence-electron chi connectivity index (χ2n) is 4.71. The number of rotatable bonds is 4. The van der Waals surface area contributed by atoms with Crippen molar-refractivity contribution in [1.82, 2.24) is 4.98 Å². The van der Waals surface area contributed by atoms with E-state index < -0.39 is 5.97 Å². The lowest BCUT2D eigenvalue weighted by Gasteiger charge is -2.19. The number of nitrogens with two attached hydrogens (primary N) is 1. The Hall–Kier alpha value is -0.940. The summed E-state index contributed by atoms with van der Waals surface area (Å²) in [6, 6.07) is 0. The zero-order valence-corrected chi connectivity index (χ0v) is 10.8. The van der Waals surface area contributed by atoms with Gasteiger partial charge in [-0.3, -0.25) is 0 Å². The summed E-state index contributed by atoms with van der Waals surface area (Å²) in [5.41, 5.74) is 6.65. The number of carboxylic acid groups (broad SMARTS) is 1. The summed E-state index contributed by atoms with van der Waals surface area (Å²) in [6.45, 7) is 2.03. The number of aromatic nitrogens is 1. The molecule has 1 aromatic rings. The van der Waals surface area contributed by atoms with E-state index in [1.165, 1.54) is 11.3 Å². The van der Waals surface area contributed by atoms with Crippen LogP contribution in [-0.2, 0) is 12.0 Å². The number of hydrogen-bond acceptors (Lipinski definition) is 4. The van der Waals surface area contributed by atoms with Crippen LogP contribution in [0.4, 0.5) is 0 Å². The van der Waals surface area contributed by atoms with Crippen molar-refractivity contribution in [3.63, 3.8) is 0 Å². The summed E-state index contributed by atoms with van der Waals surface area (Å²) in [5, 5.41) is 9.98. The van der Waals surface area contributed by atoms with Gasteiger partial charge in [0, 0.05) is 0 Å². The average molecular weight is 254 g/mol. The van der Waals surface area contributed by atoms with Gasteiger partial charge in [0.15, 0.2) is 0 Å². The Kier molecular flexibility index (Phi) is 3.49. The molecule has 17 heavy (non-hydrogen) atoms. The van der Waals surface area contributed by atoms with Crippen LogP contribution >= 0.6 is 11.3 Å². The van der Waals surface area contributed by atoms with Gasteiger partial charge in [0.05, 0.1) is 11.2 Å². The van der Waals surface area contributed by atoms with E-state index in [0.29, 0.717) is 17.0 Å². The van der Waals surface area contributed by atoms with Crippen molar-refractivity contribution in [1.29, 1.82) is 0 Å². The molecule has 3 N–H and O–H groups in total.